The Labute approximate surface area is 449 Å². The Morgan fingerprint density at radius 3 is 1.38 bits per heavy atom. The maximum absolute atomic E-state index is 14.8. The predicted octanol–water partition coefficient (Wildman–Crippen LogP) is 5.02. The van der Waals surface area contributed by atoms with Crippen LogP contribution in [0.3, 0.4) is 0 Å². The molecule has 0 radical (unpaired) electrons. The fourth-order valence-corrected chi connectivity index (χ4v) is 8.80. The number of carbonyl (C=O) groups is 9. The lowest BCUT2D eigenvalue weighted by molar-refractivity contribution is -0.173. The van der Waals surface area contributed by atoms with Crippen molar-refractivity contribution in [3.05, 3.63) is 184 Å². The van der Waals surface area contributed by atoms with Gasteiger partial charge >= 0.3 is 17.9 Å². The van der Waals surface area contributed by atoms with Crippen molar-refractivity contribution in [2.45, 2.75) is 95.8 Å². The number of anilines is 1. The average molecular weight is 1070 g/mol. The van der Waals surface area contributed by atoms with Crippen LogP contribution in [-0.4, -0.2) is 101 Å². The normalized spacial score (nSPS) is 13.6. The SMILES string of the molecule is CC(=O)OC(C(=O)N[C@H](Cc1cccs1)C(=O)N[C@@H](Cc1ccc(-c2ccccc2)cc1)C(=O)N[C@H](Cc1ccccc1)C(=O)N[C@H](C)C(=O)N[C@@H](Cc1ccccc1)C(=O)O)[C@@H](OC(C)=O)C(=O)Nc1ccc(C)cc1. The van der Waals surface area contributed by atoms with Crippen LogP contribution in [-0.2, 0) is 78.3 Å². The van der Waals surface area contributed by atoms with Crippen molar-refractivity contribution in [2.24, 2.45) is 0 Å². The Morgan fingerprint density at radius 2 is 0.883 bits per heavy atom. The van der Waals surface area contributed by atoms with E-state index in [4.69, 9.17) is 9.47 Å². The molecule has 1 aromatic heterocycles. The molecule has 0 fully saturated rings. The highest BCUT2D eigenvalue weighted by Crippen LogP contribution is 2.21. The summed E-state index contributed by atoms with van der Waals surface area (Å²) in [4.78, 5) is 123. The minimum atomic E-state index is -2.11. The van der Waals surface area contributed by atoms with E-state index < -0.39 is 95.8 Å². The van der Waals surface area contributed by atoms with Gasteiger partial charge in [0.2, 0.25) is 35.8 Å². The van der Waals surface area contributed by atoms with E-state index in [2.05, 4.69) is 31.9 Å². The molecule has 0 saturated heterocycles. The molecule has 0 bridgehead atoms. The highest BCUT2D eigenvalue weighted by atomic mass is 32.1. The van der Waals surface area contributed by atoms with Crippen molar-refractivity contribution < 1.29 is 57.7 Å². The minimum Gasteiger partial charge on any atom is -0.480 e. The number of carboxylic acids is 1. The average Bonchev–Trinajstić information content (AvgIpc) is 3.93. The Hall–Kier alpha value is -8.97. The Bertz CT molecular complexity index is 2980. The molecular weight excluding hydrogens is 1000 g/mol. The summed E-state index contributed by atoms with van der Waals surface area (Å²) in [5.74, 6) is -8.83. The number of benzene rings is 5. The predicted molar refractivity (Wildman–Crippen MR) is 288 cm³/mol. The summed E-state index contributed by atoms with van der Waals surface area (Å²) in [7, 11) is 0. The highest BCUT2D eigenvalue weighted by Gasteiger charge is 2.41. The number of esters is 2. The third-order valence-corrected chi connectivity index (χ3v) is 12.9. The molecule has 0 aliphatic heterocycles. The molecule has 1 heterocycles. The standard InChI is InChI=1S/C58H60N6O12S/c1-35-22-28-44(29-23-35)60-56(71)50(75-37(3)65)51(76-38(4)66)57(72)63-48(34-45-21-14-30-77-45)55(70)62-47(32-41-24-26-43(27-25-41)42-19-12-7-13-20-42)54(69)61-46(31-39-15-8-5-9-16-39)53(68)59-36(2)52(67)64-49(58(73)74)33-40-17-10-6-11-18-40/h5-30,36,46-51H,31-34H2,1-4H3,(H,59,68)(H,60,71)(H,61,69)(H,62,70)(H,63,72)(H,64,67)(H,73,74)/t36-,46-,47+,48-,49+,50-,51?/m1/s1. The molecule has 7 N–H and O–H groups in total. The van der Waals surface area contributed by atoms with Crippen LogP contribution in [0.5, 0.6) is 0 Å². The molecule has 400 valence electrons. The zero-order valence-corrected chi connectivity index (χ0v) is 43.5. The highest BCUT2D eigenvalue weighted by molar-refractivity contribution is 7.09. The maximum Gasteiger partial charge on any atom is 0.326 e. The van der Waals surface area contributed by atoms with Crippen molar-refractivity contribution in [3.63, 3.8) is 0 Å². The molecule has 0 aliphatic rings. The molecule has 19 heteroatoms. The van der Waals surface area contributed by atoms with Gasteiger partial charge in [-0.3, -0.25) is 38.4 Å². The third kappa shape index (κ3) is 17.8. The van der Waals surface area contributed by atoms with Crippen LogP contribution in [0.15, 0.2) is 157 Å². The van der Waals surface area contributed by atoms with Crippen molar-refractivity contribution >= 4 is 70.4 Å². The van der Waals surface area contributed by atoms with Gasteiger partial charge in [-0.25, -0.2) is 4.79 Å². The summed E-state index contributed by atoms with van der Waals surface area (Å²) in [5.41, 5.74) is 4.82. The van der Waals surface area contributed by atoms with E-state index in [0.29, 0.717) is 21.6 Å². The van der Waals surface area contributed by atoms with Gasteiger partial charge in [0.25, 0.3) is 11.8 Å². The van der Waals surface area contributed by atoms with Gasteiger partial charge < -0.3 is 46.5 Å². The molecule has 6 rings (SSSR count). The summed E-state index contributed by atoms with van der Waals surface area (Å²) in [6, 6.07) is 37.2. The van der Waals surface area contributed by atoms with Gasteiger partial charge in [0.05, 0.1) is 0 Å². The van der Waals surface area contributed by atoms with Gasteiger partial charge in [0.15, 0.2) is 0 Å². The molecule has 18 nitrogen and oxygen atoms in total. The summed E-state index contributed by atoms with van der Waals surface area (Å²) in [6.07, 6.45) is -4.56. The maximum atomic E-state index is 14.8. The number of carboxylic acid groups (broad SMARTS) is 1. The van der Waals surface area contributed by atoms with Gasteiger partial charge in [0, 0.05) is 50.1 Å². The lowest BCUT2D eigenvalue weighted by Crippen LogP contribution is -2.60. The van der Waals surface area contributed by atoms with Gasteiger partial charge in [-0.15, -0.1) is 11.3 Å². The zero-order valence-electron chi connectivity index (χ0n) is 42.7. The number of nitrogens with one attached hydrogen (secondary N) is 6. The first kappa shape index (κ1) is 57.3. The zero-order chi connectivity index (χ0) is 55.4. The monoisotopic (exact) mass is 1060 g/mol. The quantitative estimate of drug-likeness (QED) is 0.0373. The van der Waals surface area contributed by atoms with Gasteiger partial charge in [-0.1, -0.05) is 139 Å². The number of hydrogen-bond donors (Lipinski definition) is 7. The molecule has 6 amide bonds. The molecule has 0 spiro atoms. The van der Waals surface area contributed by atoms with Crippen molar-refractivity contribution in [3.8, 4) is 11.1 Å². The van der Waals surface area contributed by atoms with Gasteiger partial charge in [0.1, 0.15) is 30.2 Å². The minimum absolute atomic E-state index is 0.0253. The topological polar surface area (TPSA) is 264 Å². The van der Waals surface area contributed by atoms with Gasteiger partial charge in [-0.2, -0.15) is 0 Å². The van der Waals surface area contributed by atoms with Crippen LogP contribution in [0.25, 0.3) is 11.1 Å². The molecular formula is C58H60N6O12S. The second-order valence-electron chi connectivity index (χ2n) is 18.2. The summed E-state index contributed by atoms with van der Waals surface area (Å²) < 4.78 is 10.7. The lowest BCUT2D eigenvalue weighted by atomic mass is 9.99. The van der Waals surface area contributed by atoms with Crippen LogP contribution < -0.4 is 31.9 Å². The van der Waals surface area contributed by atoms with Crippen molar-refractivity contribution in [1.29, 1.82) is 0 Å². The molecule has 0 saturated carbocycles. The fraction of sp³-hybridized carbons (Fsp3) is 0.259. The number of aliphatic carboxylic acids is 1. The number of thiophene rings is 1. The summed E-state index contributed by atoms with van der Waals surface area (Å²) in [6.45, 7) is 5.19. The van der Waals surface area contributed by atoms with E-state index in [9.17, 15) is 48.3 Å². The smallest absolute Gasteiger partial charge is 0.326 e. The van der Waals surface area contributed by atoms with E-state index >= 15 is 0 Å². The third-order valence-electron chi connectivity index (χ3n) is 12.0. The Balaban J connectivity index is 1.29. The second-order valence-corrected chi connectivity index (χ2v) is 19.2. The molecule has 5 aromatic carbocycles. The number of aryl methyl sites for hydroxylation is 1. The van der Waals surface area contributed by atoms with E-state index in [1.165, 1.54) is 18.3 Å². The number of ether oxygens (including phenoxy) is 2. The van der Waals surface area contributed by atoms with E-state index in [1.54, 1.807) is 115 Å². The van der Waals surface area contributed by atoms with E-state index in [0.717, 1.165) is 30.5 Å². The molecule has 77 heavy (non-hydrogen) atoms. The first-order valence-corrected chi connectivity index (χ1v) is 25.5. The summed E-state index contributed by atoms with van der Waals surface area (Å²) in [5, 5.41) is 27.5. The second kappa shape index (κ2) is 28.1. The van der Waals surface area contributed by atoms with Crippen molar-refractivity contribution in [2.75, 3.05) is 5.32 Å². The number of rotatable bonds is 25. The first-order valence-electron chi connectivity index (χ1n) is 24.6. The van der Waals surface area contributed by atoms with Crippen LogP contribution in [0.4, 0.5) is 5.69 Å². The van der Waals surface area contributed by atoms with Crippen LogP contribution >= 0.6 is 11.3 Å². The molecule has 6 aromatic rings. The van der Waals surface area contributed by atoms with E-state index in [1.807, 2.05) is 49.4 Å². The first-order chi connectivity index (χ1) is 36.9. The molecule has 0 aliphatic carbocycles. The van der Waals surface area contributed by atoms with E-state index in [-0.39, 0.29) is 31.4 Å². The fourth-order valence-electron chi connectivity index (χ4n) is 8.05. The Kier molecular flexibility index (Phi) is 20.9. The van der Waals surface area contributed by atoms with Crippen LogP contribution in [0.1, 0.15) is 47.9 Å². The van der Waals surface area contributed by atoms with Crippen LogP contribution in [0, 0.1) is 6.92 Å². The largest absolute Gasteiger partial charge is 0.480 e. The molecule has 7 atom stereocenters. The number of hydrogen-bond acceptors (Lipinski definition) is 12. The molecule has 1 unspecified atom stereocenters. The summed E-state index contributed by atoms with van der Waals surface area (Å²) >= 11 is 1.26. The lowest BCUT2D eigenvalue weighted by Gasteiger charge is -2.28. The number of amides is 6. The number of carbonyl (C=O) groups excluding carboxylic acids is 8. The van der Waals surface area contributed by atoms with Gasteiger partial charge in [-0.05, 0) is 65.2 Å². The van der Waals surface area contributed by atoms with Crippen molar-refractivity contribution in [1.82, 2.24) is 26.6 Å². The van der Waals surface area contributed by atoms with Crippen LogP contribution in [0.2, 0.25) is 0 Å². The Morgan fingerprint density at radius 1 is 0.455 bits per heavy atom.